The minimum atomic E-state index is 0.182. The second-order valence-electron chi connectivity index (χ2n) is 2.54. The largest absolute Gasteiger partial charge is 0.292 e. The highest BCUT2D eigenvalue weighted by molar-refractivity contribution is 4.43. The summed E-state index contributed by atoms with van der Waals surface area (Å²) in [4.78, 5) is 17.3. The fourth-order valence-corrected chi connectivity index (χ4v) is 0.849. The molecule has 0 aromatic carbocycles. The number of unbranched alkanes of at least 4 members (excludes halogenated alkanes) is 3. The van der Waals surface area contributed by atoms with Crippen molar-refractivity contribution in [3.05, 3.63) is 4.91 Å². The smallest absolute Gasteiger partial charge is 0.193 e. The van der Waals surface area contributed by atoms with Crippen LogP contribution in [0.1, 0.15) is 32.6 Å². The Morgan fingerprint density at radius 2 is 2.15 bits per heavy atom. The van der Waals surface area contributed by atoms with Gasteiger partial charge in [0.2, 0.25) is 0 Å². The standard InChI is InChI=1S/C7H16N2O4/c1-2-3-4-5-6-8-7-11-13-12-9-10/h8H,2-7H2,1H3. The summed E-state index contributed by atoms with van der Waals surface area (Å²) < 4.78 is 0. The van der Waals surface area contributed by atoms with Gasteiger partial charge in [0.25, 0.3) is 0 Å². The Morgan fingerprint density at radius 3 is 2.85 bits per heavy atom. The average Bonchev–Trinajstić information content (AvgIpc) is 2.16. The number of hydrogen-bond donors (Lipinski definition) is 1. The Hall–Kier alpha value is -0.720. The van der Waals surface area contributed by atoms with Crippen LogP contribution < -0.4 is 5.32 Å². The van der Waals surface area contributed by atoms with E-state index in [0.29, 0.717) is 0 Å². The first-order chi connectivity index (χ1) is 6.41. The normalized spacial score (nSPS) is 9.92. The fraction of sp³-hybridized carbons (Fsp3) is 1.00. The molecule has 0 aromatic heterocycles. The van der Waals surface area contributed by atoms with Crippen molar-refractivity contribution in [2.45, 2.75) is 32.6 Å². The fourth-order valence-electron chi connectivity index (χ4n) is 0.849. The van der Waals surface area contributed by atoms with Gasteiger partial charge >= 0.3 is 0 Å². The van der Waals surface area contributed by atoms with E-state index >= 15 is 0 Å². The quantitative estimate of drug-likeness (QED) is 0.187. The molecule has 0 aliphatic rings. The Bertz CT molecular complexity index is 113. The van der Waals surface area contributed by atoms with Gasteiger partial charge in [0.05, 0.1) is 0 Å². The van der Waals surface area contributed by atoms with Crippen LogP contribution in [0.5, 0.6) is 0 Å². The molecule has 6 heteroatoms. The minimum absolute atomic E-state index is 0.182. The van der Waals surface area contributed by atoms with Crippen LogP contribution in [0.15, 0.2) is 5.34 Å². The van der Waals surface area contributed by atoms with E-state index in [0.717, 1.165) is 13.0 Å². The molecule has 0 saturated carbocycles. The molecule has 0 saturated heterocycles. The van der Waals surface area contributed by atoms with Crippen molar-refractivity contribution < 1.29 is 14.9 Å². The summed E-state index contributed by atoms with van der Waals surface area (Å²) in [6.07, 6.45) is 4.77. The summed E-state index contributed by atoms with van der Waals surface area (Å²) in [7, 11) is 0. The van der Waals surface area contributed by atoms with Crippen LogP contribution in [0.4, 0.5) is 0 Å². The second-order valence-corrected chi connectivity index (χ2v) is 2.54. The van der Waals surface area contributed by atoms with Gasteiger partial charge in [-0.05, 0) is 13.0 Å². The molecular formula is C7H16N2O4. The maximum atomic E-state index is 9.31. The van der Waals surface area contributed by atoms with Crippen molar-refractivity contribution in [3.63, 3.8) is 0 Å². The third-order valence-corrected chi connectivity index (χ3v) is 1.48. The molecule has 78 valence electrons. The third-order valence-electron chi connectivity index (χ3n) is 1.48. The monoisotopic (exact) mass is 192 g/mol. The first-order valence-corrected chi connectivity index (χ1v) is 4.40. The zero-order valence-corrected chi connectivity index (χ0v) is 7.82. The maximum absolute atomic E-state index is 9.31. The SMILES string of the molecule is CCCCCCNCOOON=O. The van der Waals surface area contributed by atoms with Gasteiger partial charge < -0.3 is 0 Å². The first-order valence-electron chi connectivity index (χ1n) is 4.40. The molecular weight excluding hydrogens is 176 g/mol. The number of nitrogens with zero attached hydrogens (tertiary/aromatic N) is 1. The van der Waals surface area contributed by atoms with Crippen LogP contribution in [0.2, 0.25) is 0 Å². The summed E-state index contributed by atoms with van der Waals surface area (Å²) in [5.41, 5.74) is 0. The van der Waals surface area contributed by atoms with E-state index in [1.165, 1.54) is 19.3 Å². The zero-order chi connectivity index (χ0) is 9.78. The molecule has 0 bridgehead atoms. The highest BCUT2D eigenvalue weighted by Crippen LogP contribution is 1.96. The number of rotatable bonds is 10. The van der Waals surface area contributed by atoms with Crippen LogP contribution in [-0.4, -0.2) is 13.3 Å². The second kappa shape index (κ2) is 11.3. The molecule has 1 N–H and O–H groups in total. The highest BCUT2D eigenvalue weighted by Gasteiger charge is 1.90. The molecule has 0 atom stereocenters. The van der Waals surface area contributed by atoms with Crippen molar-refractivity contribution >= 4 is 0 Å². The summed E-state index contributed by atoms with van der Waals surface area (Å²) in [6.45, 7) is 3.20. The van der Waals surface area contributed by atoms with Crippen molar-refractivity contribution in [1.82, 2.24) is 5.32 Å². The summed E-state index contributed by atoms with van der Waals surface area (Å²) in [5, 5.41) is 8.77. The van der Waals surface area contributed by atoms with E-state index in [4.69, 9.17) is 0 Å². The van der Waals surface area contributed by atoms with E-state index in [2.05, 4.69) is 27.2 Å². The van der Waals surface area contributed by atoms with Crippen molar-refractivity contribution in [2.24, 2.45) is 5.34 Å². The third kappa shape index (κ3) is 11.3. The van der Waals surface area contributed by atoms with Crippen molar-refractivity contribution in [1.29, 1.82) is 0 Å². The van der Waals surface area contributed by atoms with Crippen LogP contribution in [-0.2, 0) is 14.9 Å². The lowest BCUT2D eigenvalue weighted by Crippen LogP contribution is -2.19. The molecule has 0 rings (SSSR count). The Morgan fingerprint density at radius 1 is 1.31 bits per heavy atom. The predicted molar refractivity (Wildman–Crippen MR) is 46.1 cm³/mol. The Kier molecular flexibility index (Phi) is 10.7. The average molecular weight is 192 g/mol. The molecule has 0 amide bonds. The van der Waals surface area contributed by atoms with Gasteiger partial charge in [-0.2, -0.15) is 4.89 Å². The van der Waals surface area contributed by atoms with Crippen LogP contribution in [0, 0.1) is 4.91 Å². The van der Waals surface area contributed by atoms with Gasteiger partial charge in [-0.3, -0.25) is 5.32 Å². The van der Waals surface area contributed by atoms with E-state index in [1.54, 1.807) is 0 Å². The Labute approximate surface area is 77.3 Å². The van der Waals surface area contributed by atoms with Gasteiger partial charge in [0, 0.05) is 5.04 Å². The van der Waals surface area contributed by atoms with Crippen molar-refractivity contribution in [2.75, 3.05) is 13.3 Å². The molecule has 0 aliphatic heterocycles. The predicted octanol–water partition coefficient (Wildman–Crippen LogP) is 1.67. The van der Waals surface area contributed by atoms with E-state index in [-0.39, 0.29) is 6.73 Å². The highest BCUT2D eigenvalue weighted by atomic mass is 17.5. The summed E-state index contributed by atoms with van der Waals surface area (Å²) >= 11 is 0. The van der Waals surface area contributed by atoms with Crippen LogP contribution in [0.3, 0.4) is 0 Å². The molecule has 0 aromatic rings. The van der Waals surface area contributed by atoms with E-state index < -0.39 is 0 Å². The number of nitrogens with one attached hydrogen (secondary N) is 1. The molecule has 0 radical (unpaired) electrons. The van der Waals surface area contributed by atoms with Crippen molar-refractivity contribution in [3.8, 4) is 0 Å². The first kappa shape index (κ1) is 12.3. The lowest BCUT2D eigenvalue weighted by atomic mass is 10.2. The minimum Gasteiger partial charge on any atom is -0.292 e. The molecule has 0 heterocycles. The molecule has 0 fully saturated rings. The molecule has 0 spiro atoms. The van der Waals surface area contributed by atoms with E-state index in [9.17, 15) is 4.91 Å². The maximum Gasteiger partial charge on any atom is 0.193 e. The molecule has 0 aliphatic carbocycles. The topological polar surface area (TPSA) is 69.2 Å². The summed E-state index contributed by atoms with van der Waals surface area (Å²) in [5.74, 6) is 0. The van der Waals surface area contributed by atoms with Gasteiger partial charge in [-0.1, -0.05) is 26.2 Å². The van der Waals surface area contributed by atoms with E-state index in [1.807, 2.05) is 5.34 Å². The summed E-state index contributed by atoms with van der Waals surface area (Å²) in [6, 6.07) is 0. The zero-order valence-electron chi connectivity index (χ0n) is 7.82. The number of hydrogen-bond acceptors (Lipinski definition) is 6. The molecule has 0 unspecified atom stereocenters. The van der Waals surface area contributed by atoms with Gasteiger partial charge in [-0.25, -0.2) is 0 Å². The lowest BCUT2D eigenvalue weighted by Gasteiger charge is -2.01. The molecule has 13 heavy (non-hydrogen) atoms. The van der Waals surface area contributed by atoms with Gasteiger partial charge in [0.15, 0.2) is 5.34 Å². The lowest BCUT2D eigenvalue weighted by molar-refractivity contribution is -0.516. The van der Waals surface area contributed by atoms with Gasteiger partial charge in [-0.15, -0.1) is 9.90 Å². The Balaban J connectivity index is 2.79. The van der Waals surface area contributed by atoms with Crippen LogP contribution >= 0.6 is 0 Å². The molecule has 6 nitrogen and oxygen atoms in total. The van der Waals surface area contributed by atoms with Gasteiger partial charge in [0.1, 0.15) is 6.73 Å². The van der Waals surface area contributed by atoms with Crippen LogP contribution in [0.25, 0.3) is 0 Å².